The van der Waals surface area contributed by atoms with Crippen LogP contribution in [-0.2, 0) is 4.79 Å². The predicted octanol–water partition coefficient (Wildman–Crippen LogP) is 0.508. The van der Waals surface area contributed by atoms with Crippen molar-refractivity contribution in [3.05, 3.63) is 0 Å². The Balaban J connectivity index is 2.53. The van der Waals surface area contributed by atoms with Crippen LogP contribution in [0.3, 0.4) is 0 Å². The van der Waals surface area contributed by atoms with Crippen molar-refractivity contribution in [2.24, 2.45) is 11.8 Å². The lowest BCUT2D eigenvalue weighted by Crippen LogP contribution is -2.51. The molecule has 0 aromatic carbocycles. The van der Waals surface area contributed by atoms with Crippen molar-refractivity contribution in [1.29, 1.82) is 0 Å². The lowest BCUT2D eigenvalue weighted by molar-refractivity contribution is -0.141. The predicted molar refractivity (Wildman–Crippen MR) is 66.2 cm³/mol. The maximum Gasteiger partial charge on any atom is 0.328 e. The normalized spacial score (nSPS) is 22.9. The molecule has 0 aliphatic carbocycles. The van der Waals surface area contributed by atoms with Crippen LogP contribution in [0, 0.1) is 11.8 Å². The largest absolute Gasteiger partial charge is 0.480 e. The van der Waals surface area contributed by atoms with Crippen molar-refractivity contribution in [2.75, 3.05) is 13.1 Å². The van der Waals surface area contributed by atoms with Gasteiger partial charge in [0.15, 0.2) is 6.04 Å². The zero-order valence-corrected chi connectivity index (χ0v) is 11.1. The van der Waals surface area contributed by atoms with E-state index in [9.17, 15) is 14.7 Å². The number of rotatable bonds is 4. The molecule has 3 N–H and O–H groups in total. The first-order valence-corrected chi connectivity index (χ1v) is 6.29. The highest BCUT2D eigenvalue weighted by Crippen LogP contribution is 2.23. The molecule has 0 saturated carbocycles. The van der Waals surface area contributed by atoms with Crippen LogP contribution in [0.4, 0.5) is 4.79 Å². The molecule has 1 rings (SSSR count). The maximum absolute atomic E-state index is 11.9. The molecule has 0 radical (unpaired) electrons. The standard InChI is InChI=1S/C12H22N2O4/c1-7(2)9-4-5-14(6-9)12(18)13-10(8(3)15)11(16)17/h7-10,15H,4-6H2,1-3H3,(H,13,18)(H,16,17)/t8-,9?,10+/m1/s1. The van der Waals surface area contributed by atoms with Crippen LogP contribution in [0.2, 0.25) is 0 Å². The summed E-state index contributed by atoms with van der Waals surface area (Å²) >= 11 is 0. The molecule has 6 heteroatoms. The fourth-order valence-corrected chi connectivity index (χ4v) is 2.13. The second-order valence-electron chi connectivity index (χ2n) is 5.24. The van der Waals surface area contributed by atoms with Crippen molar-refractivity contribution < 1.29 is 19.8 Å². The minimum Gasteiger partial charge on any atom is -0.480 e. The number of nitrogens with zero attached hydrogens (tertiary/aromatic N) is 1. The van der Waals surface area contributed by atoms with Crippen LogP contribution in [0.5, 0.6) is 0 Å². The number of aliphatic hydroxyl groups is 1. The van der Waals surface area contributed by atoms with Gasteiger partial charge >= 0.3 is 12.0 Å². The van der Waals surface area contributed by atoms with Gasteiger partial charge in [-0.05, 0) is 25.2 Å². The highest BCUT2D eigenvalue weighted by molar-refractivity contribution is 5.83. The van der Waals surface area contributed by atoms with E-state index in [-0.39, 0.29) is 0 Å². The Labute approximate surface area is 107 Å². The summed E-state index contributed by atoms with van der Waals surface area (Å²) in [6.45, 7) is 6.86. The van der Waals surface area contributed by atoms with Gasteiger partial charge in [0.2, 0.25) is 0 Å². The number of likely N-dealkylation sites (tertiary alicyclic amines) is 1. The Morgan fingerprint density at radius 3 is 2.33 bits per heavy atom. The van der Waals surface area contributed by atoms with Gasteiger partial charge in [0.1, 0.15) is 0 Å². The Morgan fingerprint density at radius 1 is 1.33 bits per heavy atom. The first kappa shape index (κ1) is 14.8. The smallest absolute Gasteiger partial charge is 0.328 e. The van der Waals surface area contributed by atoms with Gasteiger partial charge in [-0.2, -0.15) is 0 Å². The van der Waals surface area contributed by atoms with Crippen molar-refractivity contribution in [3.8, 4) is 0 Å². The first-order chi connectivity index (χ1) is 8.32. The van der Waals surface area contributed by atoms with E-state index in [4.69, 9.17) is 5.11 Å². The summed E-state index contributed by atoms with van der Waals surface area (Å²) in [5.74, 6) is -0.252. The van der Waals surface area contributed by atoms with Gasteiger partial charge in [0.25, 0.3) is 0 Å². The Morgan fingerprint density at radius 2 is 1.94 bits per heavy atom. The molecular weight excluding hydrogens is 236 g/mol. The van der Waals surface area contributed by atoms with Crippen molar-refractivity contribution in [1.82, 2.24) is 10.2 Å². The van der Waals surface area contributed by atoms with E-state index in [2.05, 4.69) is 19.2 Å². The summed E-state index contributed by atoms with van der Waals surface area (Å²) in [6.07, 6.45) is -0.174. The molecule has 0 aromatic rings. The zero-order valence-electron chi connectivity index (χ0n) is 11.1. The molecule has 1 aliphatic rings. The number of hydrogen-bond donors (Lipinski definition) is 3. The van der Waals surface area contributed by atoms with Crippen LogP contribution < -0.4 is 5.32 Å². The van der Waals surface area contributed by atoms with Crippen LogP contribution in [0.15, 0.2) is 0 Å². The number of carbonyl (C=O) groups excluding carboxylic acids is 1. The third-order valence-electron chi connectivity index (χ3n) is 3.48. The number of aliphatic hydroxyl groups excluding tert-OH is 1. The molecule has 6 nitrogen and oxygen atoms in total. The van der Waals surface area contributed by atoms with Gasteiger partial charge < -0.3 is 20.4 Å². The fourth-order valence-electron chi connectivity index (χ4n) is 2.13. The molecule has 1 aliphatic heterocycles. The van der Waals surface area contributed by atoms with Gasteiger partial charge in [0.05, 0.1) is 6.10 Å². The molecule has 3 atom stereocenters. The average Bonchev–Trinajstić information content (AvgIpc) is 2.73. The number of urea groups is 1. The SMILES string of the molecule is CC(C)C1CCN(C(=O)N[C@H](C(=O)O)[C@@H](C)O)C1. The summed E-state index contributed by atoms with van der Waals surface area (Å²) in [4.78, 5) is 24.4. The van der Waals surface area contributed by atoms with Gasteiger partial charge in [0, 0.05) is 13.1 Å². The minimum absolute atomic E-state index is 0.411. The number of aliphatic carboxylic acids is 1. The highest BCUT2D eigenvalue weighted by atomic mass is 16.4. The summed E-state index contributed by atoms with van der Waals surface area (Å²) in [5, 5.41) is 20.5. The maximum atomic E-state index is 11.9. The lowest BCUT2D eigenvalue weighted by Gasteiger charge is -2.23. The lowest BCUT2D eigenvalue weighted by atomic mass is 9.95. The molecule has 18 heavy (non-hydrogen) atoms. The van der Waals surface area contributed by atoms with Gasteiger partial charge in [-0.25, -0.2) is 9.59 Å². The molecule has 0 aromatic heterocycles. The van der Waals surface area contributed by atoms with Crippen molar-refractivity contribution in [2.45, 2.75) is 39.3 Å². The summed E-state index contributed by atoms with van der Waals surface area (Å²) in [6, 6.07) is -1.66. The van der Waals surface area contributed by atoms with Crippen molar-refractivity contribution >= 4 is 12.0 Å². The van der Waals surface area contributed by atoms with E-state index in [0.717, 1.165) is 6.42 Å². The molecular formula is C12H22N2O4. The van der Waals surface area contributed by atoms with E-state index >= 15 is 0 Å². The van der Waals surface area contributed by atoms with Gasteiger partial charge in [-0.1, -0.05) is 13.8 Å². The summed E-state index contributed by atoms with van der Waals surface area (Å²) in [7, 11) is 0. The number of carbonyl (C=O) groups is 2. The number of carboxylic acids is 1. The first-order valence-electron chi connectivity index (χ1n) is 6.29. The summed E-state index contributed by atoms with van der Waals surface area (Å²) in [5.41, 5.74) is 0. The molecule has 1 saturated heterocycles. The monoisotopic (exact) mass is 258 g/mol. The van der Waals surface area contributed by atoms with E-state index in [0.29, 0.717) is 24.9 Å². The van der Waals surface area contributed by atoms with Crippen LogP contribution >= 0.6 is 0 Å². The molecule has 2 amide bonds. The molecule has 1 heterocycles. The third-order valence-corrected chi connectivity index (χ3v) is 3.48. The van der Waals surface area contributed by atoms with Gasteiger partial charge in [-0.3, -0.25) is 0 Å². The second-order valence-corrected chi connectivity index (χ2v) is 5.24. The number of nitrogens with one attached hydrogen (secondary N) is 1. The molecule has 1 fully saturated rings. The minimum atomic E-state index is -1.25. The Bertz CT molecular complexity index is 317. The van der Waals surface area contributed by atoms with E-state index < -0.39 is 24.1 Å². The molecule has 104 valence electrons. The van der Waals surface area contributed by atoms with E-state index in [1.54, 1.807) is 4.90 Å². The molecule has 0 bridgehead atoms. The highest BCUT2D eigenvalue weighted by Gasteiger charge is 2.31. The number of carboxylic acid groups (broad SMARTS) is 1. The summed E-state index contributed by atoms with van der Waals surface area (Å²) < 4.78 is 0. The topological polar surface area (TPSA) is 89.9 Å². The average molecular weight is 258 g/mol. The van der Waals surface area contributed by atoms with Crippen molar-refractivity contribution in [3.63, 3.8) is 0 Å². The van der Waals surface area contributed by atoms with E-state index in [1.807, 2.05) is 0 Å². The number of amides is 2. The van der Waals surface area contributed by atoms with Gasteiger partial charge in [-0.15, -0.1) is 0 Å². The Kier molecular flexibility index (Phi) is 4.95. The third kappa shape index (κ3) is 3.60. The Hall–Kier alpha value is -1.30. The molecule has 1 unspecified atom stereocenters. The fraction of sp³-hybridized carbons (Fsp3) is 0.833. The zero-order chi connectivity index (χ0) is 13.9. The van der Waals surface area contributed by atoms with Crippen LogP contribution in [-0.4, -0.2) is 52.3 Å². The van der Waals surface area contributed by atoms with E-state index in [1.165, 1.54) is 6.92 Å². The quantitative estimate of drug-likeness (QED) is 0.685. The molecule has 0 spiro atoms. The van der Waals surface area contributed by atoms with Crippen LogP contribution in [0.25, 0.3) is 0 Å². The second kappa shape index (κ2) is 6.04. The number of hydrogen-bond acceptors (Lipinski definition) is 3. The van der Waals surface area contributed by atoms with Crippen LogP contribution in [0.1, 0.15) is 27.2 Å².